The highest BCUT2D eigenvalue weighted by atomic mass is 16.5. The molecule has 0 amide bonds. The molecule has 0 spiro atoms. The van der Waals surface area contributed by atoms with Crippen molar-refractivity contribution in [2.24, 2.45) is 28.6 Å². The summed E-state index contributed by atoms with van der Waals surface area (Å²) in [5, 5.41) is 11.5. The molecule has 4 aliphatic rings. The van der Waals surface area contributed by atoms with E-state index < -0.39 is 5.60 Å². The quantitative estimate of drug-likeness (QED) is 0.755. The molecule has 0 aromatic rings. The normalized spacial score (nSPS) is 48.9. The number of carbonyl (C=O) groups excluding carboxylic acids is 1. The van der Waals surface area contributed by atoms with Crippen molar-refractivity contribution in [3.8, 4) is 0 Å². The lowest BCUT2D eigenvalue weighted by atomic mass is 9.46. The predicted octanol–water partition coefficient (Wildman–Crippen LogP) is 4.41. The summed E-state index contributed by atoms with van der Waals surface area (Å²) in [6.45, 7) is 8.71. The summed E-state index contributed by atoms with van der Waals surface area (Å²) in [7, 11) is 1.63. The first-order chi connectivity index (χ1) is 11.8. The van der Waals surface area contributed by atoms with Crippen molar-refractivity contribution in [1.82, 2.24) is 0 Å². The molecule has 0 aromatic carbocycles. The standard InChI is InChI=1S/C22H32O3/c1-14(25-4)22(24)12-9-19-17-6-5-15-13-16(23)7-10-20(15,2)18(17)8-11-21(19,22)3/h13,17-19,24H,1,5-12H2,2-4H3/t17-,18+,19+,20+,21+,22+/m1/s1. The number of aliphatic hydroxyl groups is 1. The Labute approximate surface area is 151 Å². The molecule has 0 unspecified atom stereocenters. The number of hydrogen-bond acceptors (Lipinski definition) is 3. The first kappa shape index (κ1) is 17.3. The Kier molecular flexibility index (Phi) is 3.78. The van der Waals surface area contributed by atoms with Gasteiger partial charge >= 0.3 is 0 Å². The van der Waals surface area contributed by atoms with Crippen molar-refractivity contribution < 1.29 is 14.6 Å². The average Bonchev–Trinajstić information content (AvgIpc) is 2.87. The summed E-state index contributed by atoms with van der Waals surface area (Å²) >= 11 is 0. The molecule has 4 rings (SSSR count). The van der Waals surface area contributed by atoms with Crippen LogP contribution in [-0.4, -0.2) is 23.6 Å². The molecule has 3 fully saturated rings. The van der Waals surface area contributed by atoms with Crippen LogP contribution in [0.25, 0.3) is 0 Å². The number of rotatable bonds is 2. The summed E-state index contributed by atoms with van der Waals surface area (Å²) in [4.78, 5) is 11.9. The maximum atomic E-state index is 11.9. The van der Waals surface area contributed by atoms with Gasteiger partial charge in [-0.3, -0.25) is 4.79 Å². The predicted molar refractivity (Wildman–Crippen MR) is 97.8 cm³/mol. The smallest absolute Gasteiger partial charge is 0.155 e. The number of methoxy groups -OCH3 is 1. The number of hydrogen-bond donors (Lipinski definition) is 1. The topological polar surface area (TPSA) is 46.5 Å². The van der Waals surface area contributed by atoms with E-state index >= 15 is 0 Å². The van der Waals surface area contributed by atoms with Crippen LogP contribution in [0.15, 0.2) is 24.0 Å². The Morgan fingerprint density at radius 3 is 2.60 bits per heavy atom. The van der Waals surface area contributed by atoms with E-state index in [0.717, 1.165) is 44.9 Å². The minimum Gasteiger partial charge on any atom is -0.499 e. The second kappa shape index (κ2) is 5.45. The Morgan fingerprint density at radius 2 is 1.88 bits per heavy atom. The van der Waals surface area contributed by atoms with E-state index in [1.165, 1.54) is 5.57 Å². The second-order valence-corrected chi connectivity index (χ2v) is 9.45. The Balaban J connectivity index is 1.68. The van der Waals surface area contributed by atoms with E-state index in [2.05, 4.69) is 20.4 Å². The van der Waals surface area contributed by atoms with Crippen molar-refractivity contribution in [2.75, 3.05) is 7.11 Å². The Bertz CT molecular complexity index is 650. The van der Waals surface area contributed by atoms with Crippen LogP contribution in [0.1, 0.15) is 65.2 Å². The minimum atomic E-state index is -0.892. The molecule has 0 aromatic heterocycles. The minimum absolute atomic E-state index is 0.136. The van der Waals surface area contributed by atoms with Crippen LogP contribution in [0.4, 0.5) is 0 Å². The zero-order valence-corrected chi connectivity index (χ0v) is 15.9. The third kappa shape index (κ3) is 2.11. The van der Waals surface area contributed by atoms with E-state index in [-0.39, 0.29) is 10.8 Å². The second-order valence-electron chi connectivity index (χ2n) is 9.45. The lowest BCUT2D eigenvalue weighted by Gasteiger charge is -2.59. The molecule has 0 saturated heterocycles. The van der Waals surface area contributed by atoms with E-state index in [1.807, 2.05) is 6.08 Å². The molecule has 1 N–H and O–H groups in total. The summed E-state index contributed by atoms with van der Waals surface area (Å²) < 4.78 is 5.41. The maximum absolute atomic E-state index is 11.9. The van der Waals surface area contributed by atoms with Crippen LogP contribution >= 0.6 is 0 Å². The van der Waals surface area contributed by atoms with E-state index in [1.54, 1.807) is 7.11 Å². The van der Waals surface area contributed by atoms with Gasteiger partial charge < -0.3 is 9.84 Å². The molecule has 0 radical (unpaired) electrons. The SMILES string of the molecule is C=C(OC)[C@@]1(O)CC[C@H]2[C@@H]3CCC4=CC(=O)CC[C@]4(C)[C@H]3CC[C@@]21C. The van der Waals surface area contributed by atoms with Crippen molar-refractivity contribution in [1.29, 1.82) is 0 Å². The summed E-state index contributed by atoms with van der Waals surface area (Å²) in [6.07, 6.45) is 9.88. The van der Waals surface area contributed by atoms with Gasteiger partial charge in [-0.2, -0.15) is 0 Å². The third-order valence-corrected chi connectivity index (χ3v) is 8.82. The first-order valence-electron chi connectivity index (χ1n) is 9.96. The molecule has 6 atom stereocenters. The highest BCUT2D eigenvalue weighted by Gasteiger charge is 2.65. The van der Waals surface area contributed by atoms with Crippen LogP contribution in [0, 0.1) is 28.6 Å². The van der Waals surface area contributed by atoms with Gasteiger partial charge in [-0.1, -0.05) is 26.0 Å². The van der Waals surface area contributed by atoms with E-state index in [4.69, 9.17) is 4.74 Å². The Hall–Kier alpha value is -1.09. The van der Waals surface area contributed by atoms with Gasteiger partial charge in [0.2, 0.25) is 0 Å². The number of carbonyl (C=O) groups is 1. The maximum Gasteiger partial charge on any atom is 0.155 e. The summed E-state index contributed by atoms with van der Waals surface area (Å²) in [5.74, 6) is 2.68. The van der Waals surface area contributed by atoms with Gasteiger partial charge in [0.25, 0.3) is 0 Å². The summed E-state index contributed by atoms with van der Waals surface area (Å²) in [6, 6.07) is 0. The molecular weight excluding hydrogens is 312 g/mol. The van der Waals surface area contributed by atoms with Gasteiger partial charge in [0.1, 0.15) is 11.4 Å². The average molecular weight is 344 g/mol. The molecule has 138 valence electrons. The fourth-order valence-corrected chi connectivity index (χ4v) is 7.20. The number of fused-ring (bicyclic) bond motifs is 5. The van der Waals surface area contributed by atoms with E-state index in [0.29, 0.717) is 35.7 Å². The molecular formula is C22H32O3. The van der Waals surface area contributed by atoms with E-state index in [9.17, 15) is 9.90 Å². The highest BCUT2D eigenvalue weighted by Crippen LogP contribution is 2.68. The van der Waals surface area contributed by atoms with Gasteiger partial charge in [0.05, 0.1) is 7.11 Å². The van der Waals surface area contributed by atoms with Gasteiger partial charge in [0.15, 0.2) is 5.78 Å². The van der Waals surface area contributed by atoms with Gasteiger partial charge in [-0.05, 0) is 74.2 Å². The van der Waals surface area contributed by atoms with Crippen molar-refractivity contribution in [3.63, 3.8) is 0 Å². The fourth-order valence-electron chi connectivity index (χ4n) is 7.20. The molecule has 4 aliphatic carbocycles. The molecule has 0 aliphatic heterocycles. The van der Waals surface area contributed by atoms with Crippen LogP contribution in [-0.2, 0) is 9.53 Å². The Morgan fingerprint density at radius 1 is 1.16 bits per heavy atom. The molecule has 3 nitrogen and oxygen atoms in total. The highest BCUT2D eigenvalue weighted by molar-refractivity contribution is 5.91. The third-order valence-electron chi connectivity index (χ3n) is 8.82. The lowest BCUT2D eigenvalue weighted by Crippen LogP contribution is -2.55. The monoisotopic (exact) mass is 344 g/mol. The molecule has 3 saturated carbocycles. The lowest BCUT2D eigenvalue weighted by molar-refractivity contribution is -0.128. The van der Waals surface area contributed by atoms with Gasteiger partial charge in [-0.15, -0.1) is 0 Å². The largest absolute Gasteiger partial charge is 0.499 e. The summed E-state index contributed by atoms with van der Waals surface area (Å²) in [5.41, 5.74) is 0.570. The first-order valence-corrected chi connectivity index (χ1v) is 9.96. The van der Waals surface area contributed by atoms with Crippen LogP contribution in [0.5, 0.6) is 0 Å². The molecule has 25 heavy (non-hydrogen) atoms. The molecule has 0 heterocycles. The fraction of sp³-hybridized carbons (Fsp3) is 0.773. The van der Waals surface area contributed by atoms with Crippen molar-refractivity contribution in [3.05, 3.63) is 24.0 Å². The van der Waals surface area contributed by atoms with Crippen molar-refractivity contribution in [2.45, 2.75) is 70.8 Å². The zero-order chi connectivity index (χ0) is 18.0. The molecule has 3 heteroatoms. The van der Waals surface area contributed by atoms with Crippen LogP contribution < -0.4 is 0 Å². The number of ether oxygens (including phenoxy) is 1. The van der Waals surface area contributed by atoms with Crippen LogP contribution in [0.2, 0.25) is 0 Å². The van der Waals surface area contributed by atoms with Crippen LogP contribution in [0.3, 0.4) is 0 Å². The van der Waals surface area contributed by atoms with Gasteiger partial charge in [0, 0.05) is 11.8 Å². The van der Waals surface area contributed by atoms with Crippen molar-refractivity contribution >= 4 is 5.78 Å². The van der Waals surface area contributed by atoms with Gasteiger partial charge in [-0.25, -0.2) is 0 Å². The molecule has 0 bridgehead atoms. The number of ketones is 1. The zero-order valence-electron chi connectivity index (χ0n) is 15.9. The number of allylic oxidation sites excluding steroid dienone is 1.